The van der Waals surface area contributed by atoms with E-state index in [1.54, 1.807) is 18.2 Å². The Kier molecular flexibility index (Phi) is 6.64. The van der Waals surface area contributed by atoms with Crippen molar-refractivity contribution < 1.29 is 9.53 Å². The van der Waals surface area contributed by atoms with Gasteiger partial charge in [-0.3, -0.25) is 10.1 Å². The number of likely N-dealkylation sites (tertiary alicyclic amines) is 1. The van der Waals surface area contributed by atoms with E-state index in [1.807, 2.05) is 6.92 Å². The van der Waals surface area contributed by atoms with Gasteiger partial charge in [0.25, 0.3) is 5.91 Å². The zero-order valence-electron chi connectivity index (χ0n) is 12.7. The lowest BCUT2D eigenvalue weighted by molar-refractivity contribution is 0.0973. The molecule has 1 aromatic carbocycles. The smallest absolute Gasteiger partial charge is 0.257 e. The van der Waals surface area contributed by atoms with E-state index < -0.39 is 0 Å². The average Bonchev–Trinajstić information content (AvgIpc) is 2.78. The predicted molar refractivity (Wildman–Crippen MR) is 95.4 cm³/mol. The number of thiocarbonyl (C=S) groups is 1. The molecular weight excluding hydrogens is 364 g/mol. The Morgan fingerprint density at radius 2 is 2.00 bits per heavy atom. The molecule has 0 aromatic heterocycles. The van der Waals surface area contributed by atoms with Crippen LogP contribution in [0, 0.1) is 0 Å². The number of carbonyl (C=O) groups excluding carboxylic acids is 1. The first-order valence-electron chi connectivity index (χ1n) is 7.64. The number of rotatable bonds is 3. The predicted octanol–water partition coefficient (Wildman–Crippen LogP) is 3.74. The highest BCUT2D eigenvalue weighted by Crippen LogP contribution is 2.26. The molecule has 0 saturated carbocycles. The second kappa shape index (κ2) is 8.48. The Bertz CT molecular complexity index is 543. The van der Waals surface area contributed by atoms with Crippen LogP contribution in [0.1, 0.15) is 43.0 Å². The lowest BCUT2D eigenvalue weighted by Crippen LogP contribution is -2.43. The van der Waals surface area contributed by atoms with Crippen LogP contribution in [0.25, 0.3) is 0 Å². The number of nitrogens with zero attached hydrogens (tertiary/aromatic N) is 1. The van der Waals surface area contributed by atoms with Crippen molar-refractivity contribution in [1.82, 2.24) is 10.2 Å². The van der Waals surface area contributed by atoms with Crippen molar-refractivity contribution in [3.8, 4) is 5.75 Å². The molecule has 6 heteroatoms. The van der Waals surface area contributed by atoms with Gasteiger partial charge in [-0.25, -0.2) is 0 Å². The lowest BCUT2D eigenvalue weighted by Gasteiger charge is -2.23. The van der Waals surface area contributed by atoms with E-state index in [0.717, 1.165) is 36.2 Å². The number of hydrogen-bond acceptors (Lipinski definition) is 3. The first-order chi connectivity index (χ1) is 10.6. The highest BCUT2D eigenvalue weighted by molar-refractivity contribution is 9.10. The molecule has 0 bridgehead atoms. The van der Waals surface area contributed by atoms with Gasteiger partial charge in [-0.15, -0.1) is 0 Å². The minimum absolute atomic E-state index is 0.182. The molecule has 0 spiro atoms. The topological polar surface area (TPSA) is 41.6 Å². The number of amides is 1. The van der Waals surface area contributed by atoms with Crippen molar-refractivity contribution in [2.24, 2.45) is 0 Å². The second-order valence-corrected chi connectivity index (χ2v) is 6.48. The molecule has 1 fully saturated rings. The second-order valence-electron chi connectivity index (χ2n) is 5.24. The number of nitrogens with one attached hydrogen (secondary N) is 1. The molecule has 1 aliphatic heterocycles. The summed E-state index contributed by atoms with van der Waals surface area (Å²) < 4.78 is 6.22. The summed E-state index contributed by atoms with van der Waals surface area (Å²) in [6, 6.07) is 5.29. The van der Waals surface area contributed by atoms with Crippen molar-refractivity contribution in [3.05, 3.63) is 28.2 Å². The largest absolute Gasteiger partial charge is 0.493 e. The SMILES string of the molecule is CCOc1ccc(C(=O)NC(=S)N2CCCCCC2)cc1Br. The first-order valence-corrected chi connectivity index (χ1v) is 8.84. The maximum atomic E-state index is 12.3. The Morgan fingerprint density at radius 3 is 2.59 bits per heavy atom. The van der Waals surface area contributed by atoms with Crippen molar-refractivity contribution >= 4 is 39.2 Å². The van der Waals surface area contributed by atoms with Crippen LogP contribution < -0.4 is 10.1 Å². The zero-order valence-corrected chi connectivity index (χ0v) is 15.1. The summed E-state index contributed by atoms with van der Waals surface area (Å²) in [7, 11) is 0. The Balaban J connectivity index is 1.99. The Hall–Kier alpha value is -1.14. The molecule has 1 aliphatic rings. The molecule has 0 radical (unpaired) electrons. The molecule has 2 rings (SSSR count). The van der Waals surface area contributed by atoms with Gasteiger partial charge in [-0.05, 0) is 66.1 Å². The number of carbonyl (C=O) groups is 1. The van der Waals surface area contributed by atoms with E-state index in [4.69, 9.17) is 17.0 Å². The highest BCUT2D eigenvalue weighted by atomic mass is 79.9. The molecule has 1 N–H and O–H groups in total. The Morgan fingerprint density at radius 1 is 1.32 bits per heavy atom. The third kappa shape index (κ3) is 4.68. The fraction of sp³-hybridized carbons (Fsp3) is 0.500. The molecule has 0 atom stereocenters. The fourth-order valence-corrected chi connectivity index (χ4v) is 3.21. The molecule has 4 nitrogen and oxygen atoms in total. The summed E-state index contributed by atoms with van der Waals surface area (Å²) in [5.74, 6) is 0.548. The van der Waals surface area contributed by atoms with Crippen LogP contribution in [0.4, 0.5) is 0 Å². The number of ether oxygens (including phenoxy) is 1. The average molecular weight is 385 g/mol. The van der Waals surface area contributed by atoms with Crippen LogP contribution in [0.5, 0.6) is 5.75 Å². The molecule has 120 valence electrons. The molecular formula is C16H21BrN2O2S. The summed E-state index contributed by atoms with van der Waals surface area (Å²) in [4.78, 5) is 14.4. The monoisotopic (exact) mass is 384 g/mol. The van der Waals surface area contributed by atoms with E-state index in [1.165, 1.54) is 12.8 Å². The van der Waals surface area contributed by atoms with Crippen molar-refractivity contribution in [3.63, 3.8) is 0 Å². The molecule has 22 heavy (non-hydrogen) atoms. The van der Waals surface area contributed by atoms with Gasteiger partial charge in [-0.1, -0.05) is 12.8 Å². The third-order valence-electron chi connectivity index (χ3n) is 3.61. The van der Waals surface area contributed by atoms with E-state index in [2.05, 4.69) is 26.1 Å². The zero-order chi connectivity index (χ0) is 15.9. The Labute approximate surface area is 145 Å². The van der Waals surface area contributed by atoms with Crippen LogP contribution in [0.15, 0.2) is 22.7 Å². The number of hydrogen-bond donors (Lipinski definition) is 1. The van der Waals surface area contributed by atoms with Crippen molar-refractivity contribution in [1.29, 1.82) is 0 Å². The summed E-state index contributed by atoms with van der Waals surface area (Å²) in [5.41, 5.74) is 0.563. The van der Waals surface area contributed by atoms with Gasteiger partial charge in [0.05, 0.1) is 11.1 Å². The van der Waals surface area contributed by atoms with E-state index in [-0.39, 0.29) is 5.91 Å². The van der Waals surface area contributed by atoms with E-state index >= 15 is 0 Å². The van der Waals surface area contributed by atoms with Gasteiger partial charge in [-0.2, -0.15) is 0 Å². The van der Waals surface area contributed by atoms with Crippen molar-refractivity contribution in [2.45, 2.75) is 32.6 Å². The van der Waals surface area contributed by atoms with Gasteiger partial charge in [0.15, 0.2) is 5.11 Å². The van der Waals surface area contributed by atoms with Crippen LogP contribution in [0.3, 0.4) is 0 Å². The third-order valence-corrected chi connectivity index (χ3v) is 4.59. The molecule has 0 aliphatic carbocycles. The normalized spacial score (nSPS) is 15.1. The maximum Gasteiger partial charge on any atom is 0.257 e. The van der Waals surface area contributed by atoms with Gasteiger partial charge in [0, 0.05) is 18.7 Å². The van der Waals surface area contributed by atoms with Gasteiger partial charge in [0.1, 0.15) is 5.75 Å². The number of benzene rings is 1. The summed E-state index contributed by atoms with van der Waals surface area (Å²) in [6.45, 7) is 4.36. The number of halogens is 1. The minimum Gasteiger partial charge on any atom is -0.493 e. The summed E-state index contributed by atoms with van der Waals surface area (Å²) >= 11 is 8.79. The summed E-state index contributed by atoms with van der Waals surface area (Å²) in [6.07, 6.45) is 4.73. The minimum atomic E-state index is -0.182. The van der Waals surface area contributed by atoms with Crippen LogP contribution >= 0.6 is 28.1 Å². The molecule has 1 amide bonds. The molecule has 1 heterocycles. The van der Waals surface area contributed by atoms with Crippen molar-refractivity contribution in [2.75, 3.05) is 19.7 Å². The van der Waals surface area contributed by atoms with Crippen LogP contribution in [0.2, 0.25) is 0 Å². The lowest BCUT2D eigenvalue weighted by atomic mass is 10.2. The highest BCUT2D eigenvalue weighted by Gasteiger charge is 2.16. The standard InChI is InChI=1S/C16H21BrN2O2S/c1-2-21-14-8-7-12(11-13(14)17)15(20)18-16(22)19-9-5-3-4-6-10-19/h7-8,11H,2-6,9-10H2,1H3,(H,18,20,22). The van der Waals surface area contributed by atoms with E-state index in [0.29, 0.717) is 17.3 Å². The molecule has 0 unspecified atom stereocenters. The van der Waals surface area contributed by atoms with Crippen LogP contribution in [-0.4, -0.2) is 35.6 Å². The fourth-order valence-electron chi connectivity index (χ4n) is 2.44. The molecule has 1 saturated heterocycles. The van der Waals surface area contributed by atoms with Crippen LogP contribution in [-0.2, 0) is 0 Å². The quantitative estimate of drug-likeness (QED) is 0.805. The molecule has 1 aromatic rings. The van der Waals surface area contributed by atoms with E-state index in [9.17, 15) is 4.79 Å². The maximum absolute atomic E-state index is 12.3. The summed E-state index contributed by atoms with van der Waals surface area (Å²) in [5, 5.41) is 3.35. The van der Waals surface area contributed by atoms with Gasteiger partial charge in [0.2, 0.25) is 0 Å². The first kappa shape index (κ1) is 17.2. The van der Waals surface area contributed by atoms with Gasteiger partial charge < -0.3 is 9.64 Å². The van der Waals surface area contributed by atoms with Gasteiger partial charge >= 0.3 is 0 Å².